The summed E-state index contributed by atoms with van der Waals surface area (Å²) in [6, 6.07) is 3.45. The van der Waals surface area contributed by atoms with E-state index in [2.05, 4.69) is 36.3 Å². The largest absolute Gasteiger partial charge is 0.352 e. The van der Waals surface area contributed by atoms with Gasteiger partial charge in [-0.05, 0) is 28.1 Å². The second-order valence-electron chi connectivity index (χ2n) is 4.50. The van der Waals surface area contributed by atoms with Crippen LogP contribution >= 0.6 is 27.5 Å². The molecule has 23 heavy (non-hydrogen) atoms. The molecule has 3 rings (SSSR count). The van der Waals surface area contributed by atoms with Crippen molar-refractivity contribution in [2.45, 2.75) is 0 Å². The maximum atomic E-state index is 12.8. The molecular weight excluding hydrogens is 387 g/mol. The van der Waals surface area contributed by atoms with Crippen LogP contribution in [0.5, 0.6) is 0 Å². The normalized spacial score (nSPS) is 10.6. The predicted molar refractivity (Wildman–Crippen MR) is 89.4 cm³/mol. The molecule has 2 heterocycles. The van der Waals surface area contributed by atoms with Crippen LogP contribution in [-0.2, 0) is 0 Å². The quantitative estimate of drug-likeness (QED) is 0.655. The summed E-state index contributed by atoms with van der Waals surface area (Å²) in [5.41, 5.74) is 1.98. The summed E-state index contributed by atoms with van der Waals surface area (Å²) in [6.07, 6.45) is 6.57. The molecule has 3 aromatic rings. The van der Waals surface area contributed by atoms with E-state index in [1.54, 1.807) is 24.5 Å². The summed E-state index contributed by atoms with van der Waals surface area (Å²) in [5.74, 6) is -0.259. The van der Waals surface area contributed by atoms with E-state index in [-0.39, 0.29) is 5.95 Å². The summed E-state index contributed by atoms with van der Waals surface area (Å²) in [5, 5.41) is 15.2. The lowest BCUT2D eigenvalue weighted by molar-refractivity contribution is 0.608. The minimum Gasteiger partial charge on any atom is -0.352 e. The van der Waals surface area contributed by atoms with E-state index < -0.39 is 5.82 Å². The van der Waals surface area contributed by atoms with E-state index in [4.69, 9.17) is 17.0 Å². The molecule has 116 valence electrons. The molecule has 0 radical (unpaired) electrons. The first-order valence-corrected chi connectivity index (χ1v) is 7.53. The molecule has 0 unspecified atom stereocenters. The molecule has 0 aliphatic carbocycles. The van der Waals surface area contributed by atoms with Gasteiger partial charge in [0.2, 0.25) is 0 Å². The maximum absolute atomic E-state index is 12.8. The topological polar surface area (TPSA) is 79.5 Å². The third-order valence-electron chi connectivity index (χ3n) is 2.92. The first kappa shape index (κ1) is 15.6. The molecule has 6 nitrogen and oxygen atoms in total. The number of hydrogen-bond acceptors (Lipinski definition) is 5. The highest BCUT2D eigenvalue weighted by Gasteiger charge is 2.09. The van der Waals surface area contributed by atoms with Crippen molar-refractivity contribution < 1.29 is 4.39 Å². The van der Waals surface area contributed by atoms with Crippen LogP contribution in [0.25, 0.3) is 5.95 Å². The molecule has 0 atom stereocenters. The van der Waals surface area contributed by atoms with Gasteiger partial charge in [-0.25, -0.2) is 19.0 Å². The van der Waals surface area contributed by atoms with Gasteiger partial charge in [0.05, 0.1) is 35.5 Å². The minimum absolute atomic E-state index is 0.254. The van der Waals surface area contributed by atoms with Gasteiger partial charge in [0.1, 0.15) is 0 Å². The zero-order valence-corrected chi connectivity index (χ0v) is 13.8. The van der Waals surface area contributed by atoms with E-state index in [0.717, 1.165) is 12.4 Å². The molecule has 0 aliphatic rings. The average molecular weight is 396 g/mol. The first-order chi connectivity index (χ1) is 11.1. The first-order valence-electron chi connectivity index (χ1n) is 6.36. The van der Waals surface area contributed by atoms with Crippen molar-refractivity contribution in [2.75, 3.05) is 5.32 Å². The Morgan fingerprint density at radius 2 is 2.00 bits per heavy atom. The molecule has 0 spiro atoms. The Morgan fingerprint density at radius 3 is 2.70 bits per heavy atom. The molecule has 0 saturated heterocycles. The molecule has 2 N–H and O–H groups in total. The van der Waals surface area contributed by atoms with Crippen LogP contribution < -0.4 is 5.32 Å². The maximum Gasteiger partial charge on any atom is 0.250 e. The second kappa shape index (κ2) is 6.43. The van der Waals surface area contributed by atoms with Gasteiger partial charge in [0, 0.05) is 21.9 Å². The van der Waals surface area contributed by atoms with Crippen LogP contribution in [0.15, 0.2) is 41.4 Å². The van der Waals surface area contributed by atoms with Crippen molar-refractivity contribution in [3.05, 3.63) is 57.8 Å². The van der Waals surface area contributed by atoms with E-state index in [1.165, 1.54) is 10.9 Å². The standard InChI is InChI=1S/C14H9BrClFN6/c15-11-2-13(8(3-18)1-12(11)16)22-10-6-21-23(7-10)14-19-4-9(17)5-20-14/h1-7,18,22H. The van der Waals surface area contributed by atoms with E-state index >= 15 is 0 Å². The molecule has 2 aromatic heterocycles. The second-order valence-corrected chi connectivity index (χ2v) is 5.76. The average Bonchev–Trinajstić information content (AvgIpc) is 3.00. The van der Waals surface area contributed by atoms with Gasteiger partial charge >= 0.3 is 0 Å². The number of nitrogens with zero attached hydrogens (tertiary/aromatic N) is 4. The molecule has 0 saturated carbocycles. The predicted octanol–water partition coefficient (Wildman–Crippen LogP) is 3.96. The fourth-order valence-electron chi connectivity index (χ4n) is 1.87. The number of rotatable bonds is 4. The number of anilines is 2. The highest BCUT2D eigenvalue weighted by molar-refractivity contribution is 9.10. The number of hydrogen-bond donors (Lipinski definition) is 2. The number of nitrogens with one attached hydrogen (secondary N) is 2. The fourth-order valence-corrected chi connectivity index (χ4v) is 2.38. The highest BCUT2D eigenvalue weighted by Crippen LogP contribution is 2.30. The van der Waals surface area contributed by atoms with Crippen LogP contribution in [0.3, 0.4) is 0 Å². The van der Waals surface area contributed by atoms with Gasteiger partial charge in [-0.3, -0.25) is 0 Å². The zero-order valence-electron chi connectivity index (χ0n) is 11.5. The van der Waals surface area contributed by atoms with Gasteiger partial charge in [0.25, 0.3) is 5.95 Å². The van der Waals surface area contributed by atoms with Crippen LogP contribution in [0.1, 0.15) is 5.56 Å². The fraction of sp³-hybridized carbons (Fsp3) is 0. The number of benzene rings is 1. The van der Waals surface area contributed by atoms with E-state index in [9.17, 15) is 4.39 Å². The summed E-state index contributed by atoms with van der Waals surface area (Å²) in [7, 11) is 0. The zero-order chi connectivity index (χ0) is 16.4. The summed E-state index contributed by atoms with van der Waals surface area (Å²) in [4.78, 5) is 7.71. The van der Waals surface area contributed by atoms with Crippen LogP contribution in [0.2, 0.25) is 5.02 Å². The summed E-state index contributed by atoms with van der Waals surface area (Å²) in [6.45, 7) is 0. The lowest BCUT2D eigenvalue weighted by atomic mass is 10.2. The molecule has 9 heteroatoms. The van der Waals surface area contributed by atoms with Gasteiger partial charge < -0.3 is 10.7 Å². The van der Waals surface area contributed by atoms with Crippen molar-refractivity contribution in [3.8, 4) is 5.95 Å². The number of aromatic nitrogens is 4. The van der Waals surface area contributed by atoms with Gasteiger partial charge in [-0.2, -0.15) is 5.10 Å². The lowest BCUT2D eigenvalue weighted by Gasteiger charge is -2.09. The van der Waals surface area contributed by atoms with Crippen molar-refractivity contribution in [3.63, 3.8) is 0 Å². The summed E-state index contributed by atoms with van der Waals surface area (Å²) < 4.78 is 15.0. The Kier molecular flexibility index (Phi) is 4.35. The molecular formula is C14H9BrClFN6. The van der Waals surface area contributed by atoms with Gasteiger partial charge in [-0.1, -0.05) is 11.6 Å². The highest BCUT2D eigenvalue weighted by atomic mass is 79.9. The van der Waals surface area contributed by atoms with Crippen LogP contribution in [0.4, 0.5) is 15.8 Å². The molecule has 0 fully saturated rings. The van der Waals surface area contributed by atoms with Crippen molar-refractivity contribution in [1.82, 2.24) is 19.7 Å². The van der Waals surface area contributed by atoms with Gasteiger partial charge in [0.15, 0.2) is 5.82 Å². The van der Waals surface area contributed by atoms with Crippen molar-refractivity contribution in [2.24, 2.45) is 0 Å². The third-order valence-corrected chi connectivity index (χ3v) is 4.12. The Morgan fingerprint density at radius 1 is 1.26 bits per heavy atom. The number of halogens is 3. The van der Waals surface area contributed by atoms with Gasteiger partial charge in [-0.15, -0.1) is 0 Å². The molecule has 0 bridgehead atoms. The minimum atomic E-state index is -0.513. The van der Waals surface area contributed by atoms with E-state index in [1.807, 2.05) is 0 Å². The van der Waals surface area contributed by atoms with Crippen LogP contribution in [-0.4, -0.2) is 26.0 Å². The lowest BCUT2D eigenvalue weighted by Crippen LogP contribution is -2.01. The Labute approximate surface area is 144 Å². The SMILES string of the molecule is N=Cc1cc(Cl)c(Br)cc1Nc1cnn(-c2ncc(F)cn2)c1. The third kappa shape index (κ3) is 3.38. The molecule has 0 amide bonds. The molecule has 1 aromatic carbocycles. The summed E-state index contributed by atoms with van der Waals surface area (Å²) >= 11 is 9.37. The van der Waals surface area contributed by atoms with E-state index in [0.29, 0.717) is 26.4 Å². The Hall–Kier alpha value is -2.32. The van der Waals surface area contributed by atoms with Crippen molar-refractivity contribution in [1.29, 1.82) is 5.41 Å². The monoisotopic (exact) mass is 394 g/mol. The Bertz CT molecular complexity index is 864. The van der Waals surface area contributed by atoms with Crippen molar-refractivity contribution >= 4 is 45.1 Å². The molecule has 0 aliphatic heterocycles. The Balaban J connectivity index is 1.89. The smallest absolute Gasteiger partial charge is 0.250 e. The van der Waals surface area contributed by atoms with Crippen LogP contribution in [0, 0.1) is 11.2 Å².